The summed E-state index contributed by atoms with van der Waals surface area (Å²) in [6.45, 7) is 0. The Morgan fingerprint density at radius 2 is 1.65 bits per heavy atom. The highest BCUT2D eigenvalue weighted by atomic mass is 32.2. The molecule has 0 spiro atoms. The first kappa shape index (κ1) is 14.0. The maximum absolute atomic E-state index is 13.8. The number of Topliss-reactive ketones (excluding diaryl/α,β-unsaturated/α-hetero) is 1. The SMILES string of the molecule is O=C1C(=Cc2ccc(-c3ccccc3F)o2)Sc2ccccc21. The van der Waals surface area contributed by atoms with Crippen molar-refractivity contribution >= 4 is 23.6 Å². The van der Waals surface area contributed by atoms with Crippen LogP contribution in [0.4, 0.5) is 4.39 Å². The van der Waals surface area contributed by atoms with Gasteiger partial charge in [-0.15, -0.1) is 0 Å². The number of halogens is 1. The van der Waals surface area contributed by atoms with Crippen LogP contribution in [0.15, 0.2) is 74.9 Å². The highest BCUT2D eigenvalue weighted by Crippen LogP contribution is 2.40. The summed E-state index contributed by atoms with van der Waals surface area (Å²) in [5, 5.41) is 0. The first-order valence-electron chi connectivity index (χ1n) is 7.10. The second-order valence-corrected chi connectivity index (χ2v) is 6.20. The van der Waals surface area contributed by atoms with E-state index in [1.807, 2.05) is 24.3 Å². The van der Waals surface area contributed by atoms with Crippen molar-refractivity contribution in [3.05, 3.63) is 82.7 Å². The topological polar surface area (TPSA) is 30.2 Å². The Balaban J connectivity index is 1.67. The number of benzene rings is 2. The van der Waals surface area contributed by atoms with E-state index in [4.69, 9.17) is 4.42 Å². The summed E-state index contributed by atoms with van der Waals surface area (Å²) in [6.07, 6.45) is 1.71. The third-order valence-electron chi connectivity index (χ3n) is 3.61. The number of ketones is 1. The molecule has 4 heteroatoms. The lowest BCUT2D eigenvalue weighted by atomic mass is 10.1. The number of fused-ring (bicyclic) bond motifs is 1. The van der Waals surface area contributed by atoms with Gasteiger partial charge in [-0.25, -0.2) is 4.39 Å². The molecule has 1 aliphatic rings. The fourth-order valence-electron chi connectivity index (χ4n) is 2.50. The summed E-state index contributed by atoms with van der Waals surface area (Å²) >= 11 is 1.42. The van der Waals surface area contributed by atoms with Crippen LogP contribution in [0.3, 0.4) is 0 Å². The van der Waals surface area contributed by atoms with Gasteiger partial charge in [-0.1, -0.05) is 36.0 Å². The van der Waals surface area contributed by atoms with Crippen molar-refractivity contribution in [1.29, 1.82) is 0 Å². The molecule has 112 valence electrons. The van der Waals surface area contributed by atoms with Gasteiger partial charge >= 0.3 is 0 Å². The fourth-order valence-corrected chi connectivity index (χ4v) is 3.53. The second kappa shape index (κ2) is 5.56. The molecule has 0 amide bonds. The van der Waals surface area contributed by atoms with E-state index in [0.717, 1.165) is 4.90 Å². The lowest BCUT2D eigenvalue weighted by molar-refractivity contribution is 0.104. The second-order valence-electron chi connectivity index (χ2n) is 5.12. The van der Waals surface area contributed by atoms with Crippen LogP contribution in [0.5, 0.6) is 0 Å². The zero-order valence-corrected chi connectivity index (χ0v) is 12.8. The van der Waals surface area contributed by atoms with Crippen molar-refractivity contribution in [3.8, 4) is 11.3 Å². The van der Waals surface area contributed by atoms with Gasteiger partial charge in [0.05, 0.1) is 10.5 Å². The molecule has 1 aliphatic heterocycles. The highest BCUT2D eigenvalue weighted by molar-refractivity contribution is 8.04. The molecule has 0 saturated carbocycles. The van der Waals surface area contributed by atoms with Gasteiger partial charge in [0, 0.05) is 10.5 Å². The third-order valence-corrected chi connectivity index (χ3v) is 4.71. The van der Waals surface area contributed by atoms with E-state index in [2.05, 4.69) is 0 Å². The van der Waals surface area contributed by atoms with Gasteiger partial charge < -0.3 is 4.42 Å². The van der Waals surface area contributed by atoms with Crippen LogP contribution in [0, 0.1) is 5.82 Å². The summed E-state index contributed by atoms with van der Waals surface area (Å²) in [5.41, 5.74) is 1.12. The molecular formula is C19H11FO2S. The zero-order chi connectivity index (χ0) is 15.8. The number of hydrogen-bond donors (Lipinski definition) is 0. The largest absolute Gasteiger partial charge is 0.457 e. The van der Waals surface area contributed by atoms with Crippen LogP contribution in [-0.2, 0) is 0 Å². The summed E-state index contributed by atoms with van der Waals surface area (Å²) in [6, 6.07) is 17.4. The molecule has 1 aromatic heterocycles. The number of carbonyl (C=O) groups is 1. The molecule has 0 atom stereocenters. The maximum Gasteiger partial charge on any atom is 0.200 e. The molecule has 0 unspecified atom stereocenters. The molecule has 0 aliphatic carbocycles. The third kappa shape index (κ3) is 2.51. The smallest absolute Gasteiger partial charge is 0.200 e. The molecule has 2 heterocycles. The predicted octanol–water partition coefficient (Wildman–Crippen LogP) is 5.42. The summed E-state index contributed by atoms with van der Waals surface area (Å²) < 4.78 is 19.5. The van der Waals surface area contributed by atoms with Crippen LogP contribution in [-0.4, -0.2) is 5.78 Å². The van der Waals surface area contributed by atoms with Crippen molar-refractivity contribution in [1.82, 2.24) is 0 Å². The number of thioether (sulfide) groups is 1. The van der Waals surface area contributed by atoms with Crippen molar-refractivity contribution in [2.45, 2.75) is 4.90 Å². The van der Waals surface area contributed by atoms with E-state index >= 15 is 0 Å². The molecule has 0 N–H and O–H groups in total. The van der Waals surface area contributed by atoms with Crippen molar-refractivity contribution < 1.29 is 13.6 Å². The Labute approximate surface area is 136 Å². The van der Waals surface area contributed by atoms with Crippen molar-refractivity contribution in [2.75, 3.05) is 0 Å². The summed E-state index contributed by atoms with van der Waals surface area (Å²) in [5.74, 6) is 0.643. The number of hydrogen-bond acceptors (Lipinski definition) is 3. The van der Waals surface area contributed by atoms with E-state index in [1.165, 1.54) is 17.8 Å². The van der Waals surface area contributed by atoms with Gasteiger partial charge in [0.25, 0.3) is 0 Å². The van der Waals surface area contributed by atoms with Crippen LogP contribution in [0.2, 0.25) is 0 Å². The van der Waals surface area contributed by atoms with Gasteiger partial charge in [-0.3, -0.25) is 4.79 Å². The minimum absolute atomic E-state index is 0.00515. The standard InChI is InChI=1S/C19H11FO2S/c20-15-7-3-1-5-13(15)16-10-9-12(22-16)11-18-19(21)14-6-2-4-8-17(14)23-18/h1-11H. The van der Waals surface area contributed by atoms with Crippen molar-refractivity contribution in [3.63, 3.8) is 0 Å². The average molecular weight is 322 g/mol. The summed E-state index contributed by atoms with van der Waals surface area (Å²) in [4.78, 5) is 13.9. The normalized spacial score (nSPS) is 15.2. The van der Waals surface area contributed by atoms with E-state index in [-0.39, 0.29) is 11.6 Å². The van der Waals surface area contributed by atoms with Crippen LogP contribution in [0.25, 0.3) is 17.4 Å². The molecule has 23 heavy (non-hydrogen) atoms. The van der Waals surface area contributed by atoms with Crippen molar-refractivity contribution in [2.24, 2.45) is 0 Å². The monoisotopic (exact) mass is 322 g/mol. The van der Waals surface area contributed by atoms with Gasteiger partial charge in [0.2, 0.25) is 5.78 Å². The van der Waals surface area contributed by atoms with Crippen LogP contribution >= 0.6 is 11.8 Å². The average Bonchev–Trinajstić information content (AvgIpc) is 3.14. The maximum atomic E-state index is 13.8. The molecule has 2 nitrogen and oxygen atoms in total. The Hall–Kier alpha value is -2.59. The lowest BCUT2D eigenvalue weighted by Crippen LogP contribution is -1.93. The Kier molecular flexibility index (Phi) is 3.39. The highest BCUT2D eigenvalue weighted by Gasteiger charge is 2.25. The minimum Gasteiger partial charge on any atom is -0.457 e. The molecular weight excluding hydrogens is 311 g/mol. The predicted molar refractivity (Wildman–Crippen MR) is 88.7 cm³/mol. The molecule has 0 bridgehead atoms. The quantitative estimate of drug-likeness (QED) is 0.591. The van der Waals surface area contributed by atoms with Gasteiger partial charge in [-0.05, 0) is 42.5 Å². The van der Waals surface area contributed by atoms with Crippen LogP contribution in [0.1, 0.15) is 16.1 Å². The van der Waals surface area contributed by atoms with E-state index in [9.17, 15) is 9.18 Å². The first-order valence-corrected chi connectivity index (χ1v) is 7.92. The molecule has 0 saturated heterocycles. The van der Waals surface area contributed by atoms with Gasteiger partial charge in [-0.2, -0.15) is 0 Å². The Bertz CT molecular complexity index is 940. The number of rotatable bonds is 2. The van der Waals surface area contributed by atoms with E-state index < -0.39 is 0 Å². The number of allylic oxidation sites excluding steroid dienone is 1. The fraction of sp³-hybridized carbons (Fsp3) is 0. The first-order chi connectivity index (χ1) is 11.2. The Morgan fingerprint density at radius 3 is 2.43 bits per heavy atom. The van der Waals surface area contributed by atoms with Gasteiger partial charge in [0.15, 0.2) is 0 Å². The Morgan fingerprint density at radius 1 is 0.913 bits per heavy atom. The molecule has 0 fully saturated rings. The minimum atomic E-state index is -0.334. The van der Waals surface area contributed by atoms with E-state index in [0.29, 0.717) is 27.6 Å². The van der Waals surface area contributed by atoms with Gasteiger partial charge in [0.1, 0.15) is 17.3 Å². The molecule has 3 aromatic rings. The zero-order valence-electron chi connectivity index (χ0n) is 12.0. The number of furan rings is 1. The van der Waals surface area contributed by atoms with Crippen LogP contribution < -0.4 is 0 Å². The summed E-state index contributed by atoms with van der Waals surface area (Å²) in [7, 11) is 0. The van der Waals surface area contributed by atoms with E-state index in [1.54, 1.807) is 36.4 Å². The number of carbonyl (C=O) groups excluding carboxylic acids is 1. The molecule has 2 aromatic carbocycles. The molecule has 4 rings (SSSR count). The lowest BCUT2D eigenvalue weighted by Gasteiger charge is -1.98. The molecule has 0 radical (unpaired) electrons.